The van der Waals surface area contributed by atoms with Crippen LogP contribution >= 0.6 is 11.8 Å². The predicted octanol–water partition coefficient (Wildman–Crippen LogP) is 3.53. The van der Waals surface area contributed by atoms with Gasteiger partial charge < -0.3 is 20.3 Å². The van der Waals surface area contributed by atoms with E-state index in [1.165, 1.54) is 23.9 Å². The number of carboxylic acid groups (broad SMARTS) is 1. The van der Waals surface area contributed by atoms with E-state index in [1.807, 2.05) is 43.5 Å². The number of anilines is 1. The number of rotatable bonds is 9. The van der Waals surface area contributed by atoms with E-state index in [4.69, 9.17) is 5.11 Å². The number of thioether (sulfide) groups is 1. The molecule has 0 unspecified atom stereocenters. The molecule has 0 saturated heterocycles. The van der Waals surface area contributed by atoms with Crippen LogP contribution in [0.25, 0.3) is 0 Å². The van der Waals surface area contributed by atoms with Gasteiger partial charge in [-0.15, -0.1) is 10.2 Å². The monoisotopic (exact) mass is 467 g/mol. The minimum Gasteiger partial charge on any atom is -0.478 e. The molecule has 9 nitrogen and oxygen atoms in total. The molecule has 0 saturated carbocycles. The SMILES string of the molecule is CCn1c(SCC(=O)Nc2cccc(C(=O)O)c2)nnc1[C@H](C)NC(=O)c1ccccc1C. The molecule has 1 atom stereocenters. The van der Waals surface area contributed by atoms with Crippen LogP contribution < -0.4 is 10.6 Å². The Labute approximate surface area is 195 Å². The molecule has 0 aliphatic rings. The fraction of sp³-hybridized carbons (Fsp3) is 0.261. The van der Waals surface area contributed by atoms with Crippen molar-refractivity contribution in [3.63, 3.8) is 0 Å². The van der Waals surface area contributed by atoms with Crippen molar-refractivity contribution in [2.45, 2.75) is 38.5 Å². The molecule has 1 aromatic heterocycles. The zero-order valence-corrected chi connectivity index (χ0v) is 19.3. The first-order valence-electron chi connectivity index (χ1n) is 10.4. The summed E-state index contributed by atoms with van der Waals surface area (Å²) in [6.07, 6.45) is 0. The summed E-state index contributed by atoms with van der Waals surface area (Å²) < 4.78 is 1.85. The molecule has 0 aliphatic carbocycles. The number of nitrogens with zero attached hydrogens (tertiary/aromatic N) is 3. The third-order valence-electron chi connectivity index (χ3n) is 4.91. The molecule has 10 heteroatoms. The summed E-state index contributed by atoms with van der Waals surface area (Å²) in [7, 11) is 0. The molecule has 1 heterocycles. The van der Waals surface area contributed by atoms with Crippen molar-refractivity contribution in [1.29, 1.82) is 0 Å². The standard InChI is InChI=1S/C23H25N5O4S/c1-4-28-20(15(3)24-21(30)18-11-6-5-8-14(18)2)26-27-23(28)33-13-19(29)25-17-10-7-9-16(12-17)22(31)32/h5-12,15H,4,13H2,1-3H3,(H,24,30)(H,25,29)(H,31,32)/t15-/m0/s1. The molecule has 2 aromatic carbocycles. The molecule has 2 amide bonds. The molecular weight excluding hydrogens is 442 g/mol. The number of aromatic nitrogens is 3. The molecule has 3 rings (SSSR count). The minimum absolute atomic E-state index is 0.0688. The highest BCUT2D eigenvalue weighted by Crippen LogP contribution is 2.21. The number of carboxylic acids is 1. The zero-order chi connectivity index (χ0) is 24.0. The second-order valence-electron chi connectivity index (χ2n) is 7.32. The number of amides is 2. The Hall–Kier alpha value is -3.66. The van der Waals surface area contributed by atoms with E-state index in [1.54, 1.807) is 18.2 Å². The second kappa shape index (κ2) is 10.8. The number of nitrogens with one attached hydrogen (secondary N) is 2. The van der Waals surface area contributed by atoms with Crippen molar-refractivity contribution in [3.8, 4) is 0 Å². The van der Waals surface area contributed by atoms with E-state index >= 15 is 0 Å². The topological polar surface area (TPSA) is 126 Å². The lowest BCUT2D eigenvalue weighted by atomic mass is 10.1. The van der Waals surface area contributed by atoms with Gasteiger partial charge in [0.1, 0.15) is 0 Å². The Balaban J connectivity index is 1.63. The van der Waals surface area contributed by atoms with Gasteiger partial charge in [-0.1, -0.05) is 36.0 Å². The Morgan fingerprint density at radius 3 is 2.58 bits per heavy atom. The summed E-state index contributed by atoms with van der Waals surface area (Å²) >= 11 is 1.21. The fourth-order valence-corrected chi connectivity index (χ4v) is 4.06. The van der Waals surface area contributed by atoms with Gasteiger partial charge in [0, 0.05) is 17.8 Å². The third-order valence-corrected chi connectivity index (χ3v) is 5.88. The van der Waals surface area contributed by atoms with Gasteiger partial charge in [0.15, 0.2) is 11.0 Å². The zero-order valence-electron chi connectivity index (χ0n) is 18.5. The van der Waals surface area contributed by atoms with E-state index in [2.05, 4.69) is 20.8 Å². The van der Waals surface area contributed by atoms with Gasteiger partial charge in [-0.2, -0.15) is 0 Å². The predicted molar refractivity (Wildman–Crippen MR) is 126 cm³/mol. The first-order chi connectivity index (χ1) is 15.8. The normalized spacial score (nSPS) is 11.6. The number of carbonyl (C=O) groups is 3. The third kappa shape index (κ3) is 5.98. The first-order valence-corrected chi connectivity index (χ1v) is 11.3. The van der Waals surface area contributed by atoms with Gasteiger partial charge >= 0.3 is 5.97 Å². The van der Waals surface area contributed by atoms with E-state index in [0.717, 1.165) is 5.56 Å². The summed E-state index contributed by atoms with van der Waals surface area (Å²) in [5.41, 5.74) is 1.99. The Kier molecular flexibility index (Phi) is 7.83. The molecule has 0 radical (unpaired) electrons. The summed E-state index contributed by atoms with van der Waals surface area (Å²) in [6.45, 7) is 6.22. The fourth-order valence-electron chi connectivity index (χ4n) is 3.25. The molecular formula is C23H25N5O4S. The Morgan fingerprint density at radius 2 is 1.88 bits per heavy atom. The molecule has 172 valence electrons. The Bertz CT molecular complexity index is 1180. The van der Waals surface area contributed by atoms with E-state index in [-0.39, 0.29) is 29.2 Å². The number of benzene rings is 2. The lowest BCUT2D eigenvalue weighted by Gasteiger charge is -2.16. The average Bonchev–Trinajstić information content (AvgIpc) is 3.21. The average molecular weight is 468 g/mol. The molecule has 0 aliphatic heterocycles. The van der Waals surface area contributed by atoms with Crippen molar-refractivity contribution in [1.82, 2.24) is 20.1 Å². The number of hydrogen-bond donors (Lipinski definition) is 3. The quantitative estimate of drug-likeness (QED) is 0.411. The van der Waals surface area contributed by atoms with Crippen molar-refractivity contribution in [3.05, 3.63) is 71.0 Å². The maximum absolute atomic E-state index is 12.6. The van der Waals surface area contributed by atoms with Gasteiger partial charge in [0.05, 0.1) is 17.4 Å². The lowest BCUT2D eigenvalue weighted by Crippen LogP contribution is -2.29. The van der Waals surface area contributed by atoms with Crippen molar-refractivity contribution in [2.75, 3.05) is 11.1 Å². The highest BCUT2D eigenvalue weighted by Gasteiger charge is 2.20. The van der Waals surface area contributed by atoms with Crippen LogP contribution in [0.1, 0.15) is 52.0 Å². The van der Waals surface area contributed by atoms with E-state index < -0.39 is 5.97 Å². The van der Waals surface area contributed by atoms with Crippen LogP contribution in [0, 0.1) is 6.92 Å². The maximum atomic E-state index is 12.6. The summed E-state index contributed by atoms with van der Waals surface area (Å²) in [6, 6.07) is 13.0. The molecule has 3 N–H and O–H groups in total. The molecule has 0 fully saturated rings. The Morgan fingerprint density at radius 1 is 1.12 bits per heavy atom. The van der Waals surface area contributed by atoms with Gasteiger partial charge in [0.25, 0.3) is 5.91 Å². The second-order valence-corrected chi connectivity index (χ2v) is 8.26. The van der Waals surface area contributed by atoms with Crippen LogP contribution in [0.4, 0.5) is 5.69 Å². The van der Waals surface area contributed by atoms with Gasteiger partial charge in [0.2, 0.25) is 5.91 Å². The van der Waals surface area contributed by atoms with Gasteiger partial charge in [-0.05, 0) is 50.6 Å². The lowest BCUT2D eigenvalue weighted by molar-refractivity contribution is -0.113. The molecule has 33 heavy (non-hydrogen) atoms. The van der Waals surface area contributed by atoms with Gasteiger partial charge in [-0.3, -0.25) is 9.59 Å². The van der Waals surface area contributed by atoms with Crippen LogP contribution in [0.5, 0.6) is 0 Å². The van der Waals surface area contributed by atoms with E-state index in [9.17, 15) is 14.4 Å². The largest absolute Gasteiger partial charge is 0.478 e. The first kappa shape index (κ1) is 24.0. The van der Waals surface area contributed by atoms with Crippen molar-refractivity contribution >= 4 is 35.2 Å². The van der Waals surface area contributed by atoms with Gasteiger partial charge in [-0.25, -0.2) is 4.79 Å². The maximum Gasteiger partial charge on any atom is 0.335 e. The number of hydrogen-bond acceptors (Lipinski definition) is 6. The molecule has 0 spiro atoms. The van der Waals surface area contributed by atoms with Crippen LogP contribution in [-0.2, 0) is 11.3 Å². The number of carbonyl (C=O) groups excluding carboxylic acids is 2. The van der Waals surface area contributed by atoms with Crippen molar-refractivity contribution in [2.24, 2.45) is 0 Å². The van der Waals surface area contributed by atoms with Crippen LogP contribution in [-0.4, -0.2) is 43.4 Å². The van der Waals surface area contributed by atoms with Crippen LogP contribution in [0.15, 0.2) is 53.7 Å². The van der Waals surface area contributed by atoms with E-state index in [0.29, 0.717) is 28.8 Å². The number of aryl methyl sites for hydroxylation is 1. The summed E-state index contributed by atoms with van der Waals surface area (Å²) in [4.78, 5) is 36.1. The highest BCUT2D eigenvalue weighted by atomic mass is 32.2. The highest BCUT2D eigenvalue weighted by molar-refractivity contribution is 7.99. The van der Waals surface area contributed by atoms with Crippen LogP contribution in [0.2, 0.25) is 0 Å². The minimum atomic E-state index is -1.06. The molecule has 3 aromatic rings. The van der Waals surface area contributed by atoms with Crippen molar-refractivity contribution < 1.29 is 19.5 Å². The molecule has 0 bridgehead atoms. The summed E-state index contributed by atoms with van der Waals surface area (Å²) in [5, 5.41) is 23.7. The number of aromatic carboxylic acids is 1. The smallest absolute Gasteiger partial charge is 0.335 e. The van der Waals surface area contributed by atoms with Crippen LogP contribution in [0.3, 0.4) is 0 Å². The summed E-state index contributed by atoms with van der Waals surface area (Å²) in [5.74, 6) is -0.886.